The Hall–Kier alpha value is -7.00. The highest BCUT2D eigenvalue weighted by Gasteiger charge is 2.19. The van der Waals surface area contributed by atoms with Gasteiger partial charge in [0, 0.05) is 55.2 Å². The molecule has 12 nitrogen and oxygen atoms in total. The standard InChI is InChI=1S/C24H22N2O3.C16H12BrNO3.C8H12BNO2/c1-26(2)16-9-6-8-15(14-16)17-11-7-12-19-21(17)23(27)24(28)22(25-19)18-10-4-5-13-20(18)29-3;1-21-12-8-3-2-5-9(12)14-16(20)15(19)13-10(17)6-4-7-11(13)18-14;1-10(2)8-5-3-4-7(6-8)9(11)12/h4-14,28H,1-3H3,(H,25,27);2-8,20H,1H3,(H,18,19);3-6,11-12H,1-2H3. The van der Waals surface area contributed by atoms with E-state index >= 15 is 0 Å². The molecule has 6 N–H and O–H groups in total. The van der Waals surface area contributed by atoms with Crippen molar-refractivity contribution in [3.8, 4) is 56.6 Å². The summed E-state index contributed by atoms with van der Waals surface area (Å²) in [4.78, 5) is 35.9. The molecule has 0 spiro atoms. The fourth-order valence-electron chi connectivity index (χ4n) is 6.86. The highest BCUT2D eigenvalue weighted by Crippen LogP contribution is 2.37. The molecule has 2 aromatic heterocycles. The first kappa shape index (κ1) is 44.6. The summed E-state index contributed by atoms with van der Waals surface area (Å²) in [6.45, 7) is 0. The largest absolute Gasteiger partial charge is 0.503 e. The molecule has 8 aromatic rings. The van der Waals surface area contributed by atoms with Crippen LogP contribution in [0.25, 0.3) is 55.4 Å². The highest BCUT2D eigenvalue weighted by molar-refractivity contribution is 9.10. The number of ether oxygens (including phenoxy) is 2. The third-order valence-corrected chi connectivity index (χ3v) is 10.7. The van der Waals surface area contributed by atoms with Gasteiger partial charge in [0.2, 0.25) is 10.9 Å². The predicted octanol–water partition coefficient (Wildman–Crippen LogP) is 7.75. The van der Waals surface area contributed by atoms with Gasteiger partial charge >= 0.3 is 7.12 Å². The monoisotopic (exact) mass is 896 g/mol. The summed E-state index contributed by atoms with van der Waals surface area (Å²) in [7, 11) is 9.48. The van der Waals surface area contributed by atoms with Crippen LogP contribution in [0.1, 0.15) is 0 Å². The second kappa shape index (κ2) is 19.6. The zero-order valence-electron chi connectivity index (χ0n) is 35.0. The number of anilines is 2. The molecule has 0 saturated carbocycles. The third kappa shape index (κ3) is 9.47. The average molecular weight is 898 g/mol. The molecule has 2 heterocycles. The minimum absolute atomic E-state index is 0.320. The maximum absolute atomic E-state index is 13.2. The second-order valence-corrected chi connectivity index (χ2v) is 15.3. The van der Waals surface area contributed by atoms with Crippen LogP contribution >= 0.6 is 15.9 Å². The van der Waals surface area contributed by atoms with Crippen LogP contribution in [0.5, 0.6) is 23.0 Å². The Morgan fingerprint density at radius 2 is 1.00 bits per heavy atom. The van der Waals surface area contributed by atoms with Crippen LogP contribution in [0.3, 0.4) is 0 Å². The number of H-pyrrole nitrogens is 2. The second-order valence-electron chi connectivity index (χ2n) is 14.5. The van der Waals surface area contributed by atoms with Crippen molar-refractivity contribution in [3.05, 3.63) is 158 Å². The first-order valence-electron chi connectivity index (χ1n) is 19.3. The number of pyridine rings is 2. The molecular weight excluding hydrogens is 851 g/mol. The van der Waals surface area contributed by atoms with Crippen LogP contribution in [0, 0.1) is 0 Å². The first-order valence-corrected chi connectivity index (χ1v) is 20.1. The Morgan fingerprint density at radius 1 is 0.548 bits per heavy atom. The van der Waals surface area contributed by atoms with E-state index in [1.54, 1.807) is 68.8 Å². The highest BCUT2D eigenvalue weighted by atomic mass is 79.9. The van der Waals surface area contributed by atoms with Crippen molar-refractivity contribution in [1.29, 1.82) is 0 Å². The molecule has 0 unspecified atom stereocenters. The van der Waals surface area contributed by atoms with Crippen molar-refractivity contribution in [2.75, 3.05) is 52.2 Å². The van der Waals surface area contributed by atoms with Crippen LogP contribution in [0.2, 0.25) is 0 Å². The Bertz CT molecular complexity index is 2960. The summed E-state index contributed by atoms with van der Waals surface area (Å²) >= 11 is 3.33. The van der Waals surface area contributed by atoms with Gasteiger partial charge in [0.25, 0.3) is 0 Å². The molecule has 0 aliphatic carbocycles. The molecule has 0 aliphatic rings. The maximum atomic E-state index is 13.2. The number of halogens is 1. The lowest BCUT2D eigenvalue weighted by Crippen LogP contribution is -2.30. The van der Waals surface area contributed by atoms with Gasteiger partial charge in [-0.3, -0.25) is 9.59 Å². The van der Waals surface area contributed by atoms with Crippen molar-refractivity contribution in [2.45, 2.75) is 0 Å². The molecule has 0 radical (unpaired) electrons. The Kier molecular flexibility index (Phi) is 14.1. The minimum atomic E-state index is -1.38. The number of benzene rings is 6. The summed E-state index contributed by atoms with van der Waals surface area (Å²) in [5.74, 6) is 0.516. The molecule has 0 amide bonds. The maximum Gasteiger partial charge on any atom is 0.488 e. The van der Waals surface area contributed by atoms with E-state index in [1.807, 2.05) is 117 Å². The van der Waals surface area contributed by atoms with E-state index in [2.05, 4.69) is 25.9 Å². The molecule has 0 aliphatic heterocycles. The molecule has 62 heavy (non-hydrogen) atoms. The minimum Gasteiger partial charge on any atom is -0.503 e. The topological polar surface area (TPSA) is 172 Å². The van der Waals surface area contributed by atoms with E-state index in [4.69, 9.17) is 19.5 Å². The third-order valence-electron chi connectivity index (χ3n) is 10.1. The number of nitrogens with one attached hydrogen (secondary N) is 2. The fourth-order valence-corrected chi connectivity index (χ4v) is 7.41. The number of hydrogen-bond acceptors (Lipinski definition) is 10. The lowest BCUT2D eigenvalue weighted by Gasteiger charge is -2.15. The van der Waals surface area contributed by atoms with Crippen LogP contribution in [0.4, 0.5) is 11.4 Å². The zero-order valence-corrected chi connectivity index (χ0v) is 36.6. The van der Waals surface area contributed by atoms with Gasteiger partial charge in [-0.15, -0.1) is 0 Å². The number of para-hydroxylation sites is 2. The van der Waals surface area contributed by atoms with Crippen molar-refractivity contribution >= 4 is 61.7 Å². The van der Waals surface area contributed by atoms with E-state index in [0.717, 1.165) is 22.5 Å². The lowest BCUT2D eigenvalue weighted by molar-refractivity contribution is 0.415. The van der Waals surface area contributed by atoms with E-state index in [-0.39, 0.29) is 11.5 Å². The molecule has 0 saturated heterocycles. The van der Waals surface area contributed by atoms with Gasteiger partial charge in [-0.05, 0) is 99.2 Å². The number of aromatic amines is 2. The quantitative estimate of drug-likeness (QED) is 0.0830. The summed E-state index contributed by atoms with van der Waals surface area (Å²) in [5, 5.41) is 39.7. The van der Waals surface area contributed by atoms with E-state index in [0.29, 0.717) is 65.8 Å². The van der Waals surface area contributed by atoms with Crippen molar-refractivity contribution in [3.63, 3.8) is 0 Å². The van der Waals surface area contributed by atoms with Gasteiger partial charge < -0.3 is 49.5 Å². The van der Waals surface area contributed by atoms with E-state index < -0.39 is 18.0 Å². The molecule has 0 fully saturated rings. The SMILES string of the molecule is CN(C)c1cccc(B(O)O)c1.COc1ccccc1-c1[nH]c2cccc(-c3cccc(N(C)C)c3)c2c(=O)c1O.COc1ccccc1-c1[nH]c2cccc(Br)c2c(=O)c1O. The van der Waals surface area contributed by atoms with Gasteiger partial charge in [0.15, 0.2) is 11.5 Å². The number of fused-ring (bicyclic) bond motifs is 2. The van der Waals surface area contributed by atoms with Gasteiger partial charge in [-0.1, -0.05) is 66.7 Å². The number of aromatic hydroxyl groups is 2. The molecular formula is C48H46BBrN4O8. The molecule has 8 rings (SSSR count). The van der Waals surface area contributed by atoms with E-state index in [1.165, 1.54) is 0 Å². The lowest BCUT2D eigenvalue weighted by atomic mass is 9.80. The summed E-state index contributed by atoms with van der Waals surface area (Å²) in [6, 6.07) is 40.6. The number of hydrogen-bond donors (Lipinski definition) is 6. The van der Waals surface area contributed by atoms with Crippen LogP contribution < -0.4 is 35.6 Å². The molecule has 316 valence electrons. The fraction of sp³-hybridized carbons (Fsp3) is 0.125. The molecule has 6 aromatic carbocycles. The predicted molar refractivity (Wildman–Crippen MR) is 255 cm³/mol. The van der Waals surface area contributed by atoms with Gasteiger partial charge in [-0.25, -0.2) is 0 Å². The smallest absolute Gasteiger partial charge is 0.488 e. The number of methoxy groups -OCH3 is 2. The van der Waals surface area contributed by atoms with Gasteiger partial charge in [-0.2, -0.15) is 0 Å². The van der Waals surface area contributed by atoms with Gasteiger partial charge in [0.1, 0.15) is 11.5 Å². The van der Waals surface area contributed by atoms with E-state index in [9.17, 15) is 19.8 Å². The van der Waals surface area contributed by atoms with Gasteiger partial charge in [0.05, 0.1) is 47.4 Å². The number of rotatable bonds is 8. The Morgan fingerprint density at radius 3 is 1.53 bits per heavy atom. The normalized spacial score (nSPS) is 10.6. The first-order chi connectivity index (χ1) is 29.7. The summed E-state index contributed by atoms with van der Waals surface area (Å²) < 4.78 is 11.3. The van der Waals surface area contributed by atoms with Crippen molar-refractivity contribution in [1.82, 2.24) is 9.97 Å². The molecule has 0 bridgehead atoms. The Labute approximate surface area is 367 Å². The Balaban J connectivity index is 0.000000169. The molecule has 14 heteroatoms. The number of nitrogens with zero attached hydrogens (tertiary/aromatic N) is 2. The summed E-state index contributed by atoms with van der Waals surface area (Å²) in [6.07, 6.45) is 0. The van der Waals surface area contributed by atoms with Crippen LogP contribution in [0.15, 0.2) is 148 Å². The number of aromatic nitrogens is 2. The van der Waals surface area contributed by atoms with Crippen LogP contribution in [-0.4, -0.2) is 79.8 Å². The van der Waals surface area contributed by atoms with Crippen molar-refractivity contribution in [2.24, 2.45) is 0 Å². The molecule has 0 atom stereocenters. The average Bonchev–Trinajstić information content (AvgIpc) is 3.29. The van der Waals surface area contributed by atoms with Crippen LogP contribution in [-0.2, 0) is 0 Å². The zero-order chi connectivity index (χ0) is 44.7. The summed E-state index contributed by atoms with van der Waals surface area (Å²) in [5.41, 5.74) is 6.63. The van der Waals surface area contributed by atoms with Crippen molar-refractivity contribution < 1.29 is 29.7 Å².